The van der Waals surface area contributed by atoms with Crippen molar-refractivity contribution in [1.82, 2.24) is 24.8 Å². The van der Waals surface area contributed by atoms with Crippen LogP contribution in [0.4, 0.5) is 13.2 Å². The molecule has 11 heteroatoms. The normalized spacial score (nSPS) is 17.2. The third kappa shape index (κ3) is 3.38. The predicted octanol–water partition coefficient (Wildman–Crippen LogP) is 4.31. The number of nitrogens with zero attached hydrogens (tertiary/aromatic N) is 4. The van der Waals surface area contributed by atoms with E-state index in [1.165, 1.54) is 19.1 Å². The molecule has 0 bridgehead atoms. The number of aryl methyl sites for hydroxylation is 1. The standard InChI is InChI=1S/C21H18F3N5O3/c1-11-14(19-27-26-18(32-19)13-9-5-6-10-31-13)20(30)29-17(25-11)15(12-7-3-2-4-8-12)16(28-29)21(22,23)24/h2-4,7-8,13,28H,5-6,9-10H2,1H3. The quantitative estimate of drug-likeness (QED) is 0.505. The van der Waals surface area contributed by atoms with Crippen molar-refractivity contribution >= 4 is 5.65 Å². The Hall–Kier alpha value is -3.47. The molecule has 1 atom stereocenters. The van der Waals surface area contributed by atoms with Crippen LogP contribution in [0.5, 0.6) is 0 Å². The Labute approximate surface area is 179 Å². The molecule has 4 heterocycles. The zero-order valence-electron chi connectivity index (χ0n) is 16.9. The van der Waals surface area contributed by atoms with Crippen LogP contribution in [0.3, 0.4) is 0 Å². The summed E-state index contributed by atoms with van der Waals surface area (Å²) in [5.74, 6) is 0.124. The van der Waals surface area contributed by atoms with Crippen LogP contribution in [0.15, 0.2) is 39.5 Å². The van der Waals surface area contributed by atoms with Gasteiger partial charge in [0, 0.05) is 6.61 Å². The number of nitrogens with one attached hydrogen (secondary N) is 1. The van der Waals surface area contributed by atoms with E-state index in [2.05, 4.69) is 20.3 Å². The van der Waals surface area contributed by atoms with Crippen LogP contribution in [0.1, 0.15) is 42.6 Å². The van der Waals surface area contributed by atoms with Gasteiger partial charge in [0.2, 0.25) is 5.89 Å². The summed E-state index contributed by atoms with van der Waals surface area (Å²) in [7, 11) is 0. The van der Waals surface area contributed by atoms with Crippen molar-refractivity contribution in [2.75, 3.05) is 6.61 Å². The number of hydrogen-bond acceptors (Lipinski definition) is 6. The number of halogens is 3. The van der Waals surface area contributed by atoms with Crippen LogP contribution in [-0.4, -0.2) is 31.4 Å². The molecule has 1 N–H and O–H groups in total. The molecule has 1 saturated heterocycles. The number of H-pyrrole nitrogens is 1. The van der Waals surface area contributed by atoms with Crippen molar-refractivity contribution in [2.24, 2.45) is 0 Å². The first-order chi connectivity index (χ1) is 15.3. The van der Waals surface area contributed by atoms with E-state index in [0.29, 0.717) is 13.0 Å². The topological polar surface area (TPSA) is 98.3 Å². The van der Waals surface area contributed by atoms with Crippen LogP contribution in [-0.2, 0) is 10.9 Å². The number of fused-ring (bicyclic) bond motifs is 1. The minimum absolute atomic E-state index is 0.0633. The Kier molecular flexibility index (Phi) is 4.85. The van der Waals surface area contributed by atoms with Gasteiger partial charge in [-0.05, 0) is 31.7 Å². The first-order valence-corrected chi connectivity index (χ1v) is 10.1. The second kappa shape index (κ2) is 7.59. The number of benzene rings is 1. The Bertz CT molecular complexity index is 1330. The molecule has 1 aromatic carbocycles. The van der Waals surface area contributed by atoms with Crippen molar-refractivity contribution in [1.29, 1.82) is 0 Å². The van der Waals surface area contributed by atoms with E-state index in [1.807, 2.05) is 0 Å². The summed E-state index contributed by atoms with van der Waals surface area (Å²) in [6.07, 6.45) is -2.49. The second-order valence-electron chi connectivity index (χ2n) is 7.56. The summed E-state index contributed by atoms with van der Waals surface area (Å²) in [6.45, 7) is 2.09. The van der Waals surface area contributed by atoms with Crippen molar-refractivity contribution in [3.05, 3.63) is 58.0 Å². The molecule has 1 aliphatic heterocycles. The molecule has 0 aliphatic carbocycles. The fourth-order valence-corrected chi connectivity index (χ4v) is 3.91. The summed E-state index contributed by atoms with van der Waals surface area (Å²) in [5, 5.41) is 10.1. The van der Waals surface area contributed by atoms with Gasteiger partial charge in [-0.25, -0.2) is 4.98 Å². The molecule has 0 amide bonds. The number of rotatable bonds is 3. The fourth-order valence-electron chi connectivity index (χ4n) is 3.91. The molecule has 1 unspecified atom stereocenters. The highest BCUT2D eigenvalue weighted by Crippen LogP contribution is 2.38. The molecule has 32 heavy (non-hydrogen) atoms. The summed E-state index contributed by atoms with van der Waals surface area (Å²) in [4.78, 5) is 17.5. The van der Waals surface area contributed by atoms with E-state index in [-0.39, 0.29) is 45.9 Å². The largest absolute Gasteiger partial charge is 0.433 e. The fraction of sp³-hybridized carbons (Fsp3) is 0.333. The average Bonchev–Trinajstić information content (AvgIpc) is 3.40. The summed E-state index contributed by atoms with van der Waals surface area (Å²) >= 11 is 0. The van der Waals surface area contributed by atoms with Gasteiger partial charge in [-0.15, -0.1) is 10.2 Å². The molecule has 8 nitrogen and oxygen atoms in total. The maximum Gasteiger partial charge on any atom is 0.433 e. The van der Waals surface area contributed by atoms with Gasteiger partial charge in [-0.3, -0.25) is 9.89 Å². The summed E-state index contributed by atoms with van der Waals surface area (Å²) in [5.41, 5.74) is -1.76. The first-order valence-electron chi connectivity index (χ1n) is 10.1. The Morgan fingerprint density at radius 3 is 2.59 bits per heavy atom. The number of alkyl halides is 3. The summed E-state index contributed by atoms with van der Waals surface area (Å²) in [6, 6.07) is 7.99. The summed E-state index contributed by atoms with van der Waals surface area (Å²) < 4.78 is 53.5. The third-order valence-corrected chi connectivity index (χ3v) is 5.42. The second-order valence-corrected chi connectivity index (χ2v) is 7.56. The molecule has 3 aromatic heterocycles. The van der Waals surface area contributed by atoms with E-state index in [1.54, 1.807) is 18.2 Å². The van der Waals surface area contributed by atoms with Crippen molar-refractivity contribution in [3.8, 4) is 22.6 Å². The molecule has 166 valence electrons. The number of aromatic nitrogens is 5. The van der Waals surface area contributed by atoms with Crippen molar-refractivity contribution in [3.63, 3.8) is 0 Å². The van der Waals surface area contributed by atoms with Crippen LogP contribution in [0, 0.1) is 6.92 Å². The van der Waals surface area contributed by atoms with E-state index in [0.717, 1.165) is 17.4 Å². The van der Waals surface area contributed by atoms with E-state index in [4.69, 9.17) is 9.15 Å². The Morgan fingerprint density at radius 2 is 1.91 bits per heavy atom. The van der Waals surface area contributed by atoms with Crippen molar-refractivity contribution in [2.45, 2.75) is 38.5 Å². The number of hydrogen-bond donors (Lipinski definition) is 1. The minimum atomic E-state index is -4.73. The van der Waals surface area contributed by atoms with Crippen LogP contribution < -0.4 is 5.56 Å². The molecule has 0 radical (unpaired) electrons. The van der Waals surface area contributed by atoms with Gasteiger partial charge in [-0.2, -0.15) is 17.7 Å². The van der Waals surface area contributed by atoms with Gasteiger partial charge in [0.25, 0.3) is 11.4 Å². The molecular formula is C21H18F3N5O3. The lowest BCUT2D eigenvalue weighted by Crippen LogP contribution is -2.20. The zero-order valence-corrected chi connectivity index (χ0v) is 16.9. The van der Waals surface area contributed by atoms with Crippen LogP contribution in [0.25, 0.3) is 28.2 Å². The maximum absolute atomic E-state index is 13.8. The lowest BCUT2D eigenvalue weighted by molar-refractivity contribution is -0.140. The monoisotopic (exact) mass is 445 g/mol. The minimum Gasteiger partial charge on any atom is -0.418 e. The van der Waals surface area contributed by atoms with E-state index in [9.17, 15) is 18.0 Å². The number of ether oxygens (including phenoxy) is 1. The van der Waals surface area contributed by atoms with E-state index < -0.39 is 17.4 Å². The zero-order chi connectivity index (χ0) is 22.5. The van der Waals surface area contributed by atoms with Gasteiger partial charge in [0.05, 0.1) is 11.3 Å². The van der Waals surface area contributed by atoms with Gasteiger partial charge >= 0.3 is 6.18 Å². The lowest BCUT2D eigenvalue weighted by atomic mass is 10.1. The highest BCUT2D eigenvalue weighted by Gasteiger charge is 2.38. The highest BCUT2D eigenvalue weighted by atomic mass is 19.4. The van der Waals surface area contributed by atoms with Crippen LogP contribution >= 0.6 is 0 Å². The SMILES string of the molecule is Cc1nc2c(-c3ccccc3)c(C(F)(F)F)[nH]n2c(=O)c1-c1nnc(C2CCCCO2)o1. The first kappa shape index (κ1) is 20.4. The van der Waals surface area contributed by atoms with Crippen LogP contribution in [0.2, 0.25) is 0 Å². The smallest absolute Gasteiger partial charge is 0.418 e. The molecule has 5 rings (SSSR count). The maximum atomic E-state index is 13.8. The Morgan fingerprint density at radius 1 is 1.12 bits per heavy atom. The van der Waals surface area contributed by atoms with Gasteiger partial charge in [0.1, 0.15) is 17.4 Å². The molecule has 1 aliphatic rings. The lowest BCUT2D eigenvalue weighted by Gasteiger charge is -2.18. The van der Waals surface area contributed by atoms with Gasteiger partial charge < -0.3 is 9.15 Å². The van der Waals surface area contributed by atoms with Crippen molar-refractivity contribution < 1.29 is 22.3 Å². The third-order valence-electron chi connectivity index (χ3n) is 5.42. The molecule has 1 fully saturated rings. The molecular weight excluding hydrogens is 427 g/mol. The predicted molar refractivity (Wildman–Crippen MR) is 107 cm³/mol. The van der Waals surface area contributed by atoms with E-state index >= 15 is 0 Å². The number of aromatic amines is 1. The van der Waals surface area contributed by atoms with Gasteiger partial charge in [-0.1, -0.05) is 30.3 Å². The Balaban J connectivity index is 1.69. The average molecular weight is 445 g/mol. The molecule has 4 aromatic rings. The highest BCUT2D eigenvalue weighted by molar-refractivity contribution is 5.81. The molecule has 0 saturated carbocycles. The van der Waals surface area contributed by atoms with Gasteiger partial charge in [0.15, 0.2) is 5.65 Å². The molecule has 0 spiro atoms.